The second-order valence-electron chi connectivity index (χ2n) is 23.0. The highest BCUT2D eigenvalue weighted by Crippen LogP contribution is 2.42. The van der Waals surface area contributed by atoms with Crippen molar-refractivity contribution >= 4 is 73.5 Å². The molecule has 88 heavy (non-hydrogen) atoms. The number of benzene rings is 4. The van der Waals surface area contributed by atoms with Crippen LogP contribution in [0.5, 0.6) is 23.0 Å². The predicted molar refractivity (Wildman–Crippen MR) is 381 cm³/mol. The third-order valence-electron chi connectivity index (χ3n) is 15.4. The minimum Gasteiger partial charge on any atom is -0.493 e. The molecule has 4 aromatic carbocycles. The lowest BCUT2D eigenvalue weighted by Gasteiger charge is -2.25. The normalized spacial score (nSPS) is 11.3. The van der Waals surface area contributed by atoms with Crippen molar-refractivity contribution in [2.75, 3.05) is 52.6 Å². The van der Waals surface area contributed by atoms with Gasteiger partial charge in [-0.05, 0) is 118 Å². The van der Waals surface area contributed by atoms with Gasteiger partial charge in [0.1, 0.15) is 23.0 Å². The van der Waals surface area contributed by atoms with E-state index in [4.69, 9.17) is 64.8 Å². The van der Waals surface area contributed by atoms with E-state index in [2.05, 4.69) is 96.2 Å². The molecule has 4 aromatic rings. The van der Waals surface area contributed by atoms with Crippen LogP contribution in [0.3, 0.4) is 0 Å². The van der Waals surface area contributed by atoms with E-state index in [0.29, 0.717) is 104 Å². The van der Waals surface area contributed by atoms with Gasteiger partial charge in [-0.1, -0.05) is 153 Å². The van der Waals surface area contributed by atoms with Crippen molar-refractivity contribution < 1.29 is 18.9 Å². The van der Waals surface area contributed by atoms with Gasteiger partial charge in [0.25, 0.3) is 0 Å². The van der Waals surface area contributed by atoms with Crippen molar-refractivity contribution in [2.24, 2.45) is 65.8 Å². The Morgan fingerprint density at radius 1 is 0.284 bits per heavy atom. The van der Waals surface area contributed by atoms with Gasteiger partial charge in [-0.2, -0.15) is 0 Å². The van der Waals surface area contributed by atoms with Crippen LogP contribution < -0.4 is 64.8 Å². The monoisotopic (exact) mass is 1300 g/mol. The van der Waals surface area contributed by atoms with Gasteiger partial charge in [-0.25, -0.2) is 0 Å². The van der Waals surface area contributed by atoms with Gasteiger partial charge in [0.15, 0.2) is 23.8 Å². The first-order chi connectivity index (χ1) is 40.8. The van der Waals surface area contributed by atoms with Crippen molar-refractivity contribution in [3.8, 4) is 23.0 Å². The molecule has 20 heteroatoms. The van der Waals surface area contributed by atoms with E-state index < -0.39 is 0 Å². The molecule has 0 saturated heterocycles. The Morgan fingerprint density at radius 3 is 0.625 bits per heavy atom. The minimum absolute atomic E-state index is 0. The molecule has 0 aromatic heterocycles. The van der Waals surface area contributed by atoms with Gasteiger partial charge in [0.2, 0.25) is 0 Å². The lowest BCUT2D eigenvalue weighted by atomic mass is 9.87. The zero-order valence-electron chi connectivity index (χ0n) is 53.7. The van der Waals surface area contributed by atoms with E-state index in [-0.39, 0.29) is 73.5 Å². The Hall–Kier alpha value is -5.68. The molecule has 0 aliphatic heterocycles. The van der Waals surface area contributed by atoms with E-state index in [0.717, 1.165) is 170 Å². The third kappa shape index (κ3) is 29.8. The summed E-state index contributed by atoms with van der Waals surface area (Å²) in [6.45, 7) is 12.6. The Balaban J connectivity index is 0.00000968. The van der Waals surface area contributed by atoms with Crippen LogP contribution in [0.15, 0.2) is 68.5 Å². The highest BCUT2D eigenvalue weighted by Gasteiger charge is 2.25. The standard InChI is InChI=1S/C68H108N12O4.4ClH/c1-5-9-13-17-25-49-37-53-45-55-39-50(26-18-14-10-6-2)41-57(62(55)82-34-22-30-78-66(71)72)47-59-43-52(28-20-16-12-8-4)44-60(64(59)84-36-24-32-80-68(75)76)48-58-42-51(27-19-15-11-7-3)40-56(63(58)83-35-23-31-79-67(73)74)46-54(38-49)61(53)81-33-21-29-77-65(69)70;;;;/h37-44H,5-36,45-48H2,1-4H3,(H4,69,70,77)(H4,71,72,78)(H4,73,74,79)(H4,75,76,80);4*1H. The quantitative estimate of drug-likeness (QED) is 0.0103. The number of rotatable bonds is 40. The average Bonchev–Trinajstić information content (AvgIpc) is 2.73. The first-order valence-corrected chi connectivity index (χ1v) is 32.1. The fraction of sp³-hybridized carbons (Fsp3) is 0.588. The Bertz CT molecular complexity index is 2270. The summed E-state index contributed by atoms with van der Waals surface area (Å²) >= 11 is 0. The molecule has 0 atom stereocenters. The summed E-state index contributed by atoms with van der Waals surface area (Å²) in [6.07, 6.45) is 27.1. The van der Waals surface area contributed by atoms with Gasteiger partial charge >= 0.3 is 0 Å². The smallest absolute Gasteiger partial charge is 0.185 e. The molecule has 0 fully saturated rings. The van der Waals surface area contributed by atoms with E-state index in [1.54, 1.807) is 0 Å². The summed E-state index contributed by atoms with van der Waals surface area (Å²) in [7, 11) is 0. The summed E-state index contributed by atoms with van der Waals surface area (Å²) in [5, 5.41) is 0. The largest absolute Gasteiger partial charge is 0.493 e. The molecular weight excluding hydrogens is 1190 g/mol. The number of ether oxygens (including phenoxy) is 4. The van der Waals surface area contributed by atoms with E-state index in [1.807, 2.05) is 0 Å². The van der Waals surface area contributed by atoms with Crippen molar-refractivity contribution in [3.63, 3.8) is 0 Å². The molecule has 0 saturated carbocycles. The molecule has 0 unspecified atom stereocenters. The molecule has 16 N–H and O–H groups in total. The van der Waals surface area contributed by atoms with Crippen molar-refractivity contribution in [3.05, 3.63) is 115 Å². The van der Waals surface area contributed by atoms with Crippen molar-refractivity contribution in [2.45, 2.75) is 207 Å². The van der Waals surface area contributed by atoms with Gasteiger partial charge in [0, 0.05) is 77.5 Å². The second-order valence-corrected chi connectivity index (χ2v) is 23.0. The second kappa shape index (κ2) is 46.4. The van der Waals surface area contributed by atoms with Crippen molar-refractivity contribution in [1.82, 2.24) is 0 Å². The topological polar surface area (TPSA) is 295 Å². The lowest BCUT2D eigenvalue weighted by Crippen LogP contribution is -2.23. The maximum absolute atomic E-state index is 7.16. The fourth-order valence-corrected chi connectivity index (χ4v) is 11.3. The number of hydrogen-bond donors (Lipinski definition) is 8. The Kier molecular flexibility index (Phi) is 42.4. The molecule has 0 radical (unpaired) electrons. The van der Waals surface area contributed by atoms with Crippen LogP contribution in [0.1, 0.15) is 223 Å². The number of hydrogen-bond acceptors (Lipinski definition) is 8. The predicted octanol–water partition coefficient (Wildman–Crippen LogP) is 12.7. The van der Waals surface area contributed by atoms with Crippen LogP contribution in [0.25, 0.3) is 0 Å². The highest BCUT2D eigenvalue weighted by atomic mass is 35.5. The van der Waals surface area contributed by atoms with E-state index in [1.165, 1.54) is 47.9 Å². The first-order valence-electron chi connectivity index (χ1n) is 32.1. The molecule has 0 heterocycles. The Morgan fingerprint density at radius 2 is 0.466 bits per heavy atom. The maximum atomic E-state index is 7.16. The summed E-state index contributed by atoms with van der Waals surface area (Å²) in [6, 6.07) is 19.2. The van der Waals surface area contributed by atoms with Crippen LogP contribution in [0.2, 0.25) is 0 Å². The number of unbranched alkanes of at least 4 members (excludes halogenated alkanes) is 12. The zero-order chi connectivity index (χ0) is 60.3. The molecule has 1 aliphatic carbocycles. The molecule has 5 rings (SSSR count). The number of nitrogens with zero attached hydrogens (tertiary/aromatic N) is 4. The summed E-state index contributed by atoms with van der Waals surface area (Å²) in [5.74, 6) is 3.78. The van der Waals surface area contributed by atoms with Crippen LogP contribution in [-0.4, -0.2) is 76.4 Å². The van der Waals surface area contributed by atoms with E-state index in [9.17, 15) is 0 Å². The number of aliphatic imine (C=N–C) groups is 4. The molecule has 0 amide bonds. The zero-order valence-corrected chi connectivity index (χ0v) is 57.0. The third-order valence-corrected chi connectivity index (χ3v) is 15.4. The number of fused-ring (bicyclic) bond motifs is 8. The maximum Gasteiger partial charge on any atom is 0.185 e. The molecule has 1 aliphatic rings. The van der Waals surface area contributed by atoms with Crippen LogP contribution in [-0.2, 0) is 51.4 Å². The molecule has 16 nitrogen and oxygen atoms in total. The van der Waals surface area contributed by atoms with Crippen molar-refractivity contribution in [1.29, 1.82) is 0 Å². The van der Waals surface area contributed by atoms with Crippen LogP contribution in [0, 0.1) is 0 Å². The molecular formula is C68H112Cl4N12O4. The van der Waals surface area contributed by atoms with Gasteiger partial charge in [-0.3, -0.25) is 20.0 Å². The van der Waals surface area contributed by atoms with Gasteiger partial charge in [0.05, 0.1) is 26.4 Å². The fourth-order valence-electron chi connectivity index (χ4n) is 11.3. The minimum atomic E-state index is 0. The summed E-state index contributed by atoms with van der Waals surface area (Å²) < 4.78 is 28.7. The SMILES string of the molecule is CCCCCCc1cc2c(OCCCN=C(N)N)c(c1)Cc1cc(CCCCCC)cc(c1OCCCN=C(N)N)Cc1cc(CCCCCC)cc(c1OCCCN=C(N)N)Cc1cc(CCCCCC)cc(c1OCCCN=C(N)N)C2.Cl.Cl.Cl.Cl. The van der Waals surface area contributed by atoms with Crippen LogP contribution >= 0.6 is 49.6 Å². The number of guanidine groups is 4. The average molecular weight is 1300 g/mol. The Labute approximate surface area is 553 Å². The van der Waals surface area contributed by atoms with Gasteiger partial charge < -0.3 is 64.8 Å². The summed E-state index contributed by atoms with van der Waals surface area (Å²) in [4.78, 5) is 17.3. The molecule has 8 bridgehead atoms. The van der Waals surface area contributed by atoms with Gasteiger partial charge in [-0.15, -0.1) is 49.6 Å². The van der Waals surface area contributed by atoms with Crippen LogP contribution in [0.4, 0.5) is 0 Å². The van der Waals surface area contributed by atoms with E-state index >= 15 is 0 Å². The number of halogens is 4. The molecule has 0 spiro atoms. The first kappa shape index (κ1) is 80.3. The highest BCUT2D eigenvalue weighted by molar-refractivity contribution is 5.86. The summed E-state index contributed by atoms with van der Waals surface area (Å²) in [5.41, 5.74) is 60.7. The lowest BCUT2D eigenvalue weighted by molar-refractivity contribution is 0.301. The number of aryl methyl sites for hydroxylation is 4. The molecule has 496 valence electrons. The number of nitrogens with two attached hydrogens (primary N) is 8.